The number of anilines is 3. The first-order chi connectivity index (χ1) is 18.0. The van der Waals surface area contributed by atoms with Crippen molar-refractivity contribution in [2.75, 3.05) is 61.1 Å². The predicted molar refractivity (Wildman–Crippen MR) is 155 cm³/mol. The van der Waals surface area contributed by atoms with Crippen LogP contribution in [0.4, 0.5) is 17.5 Å². The Bertz CT molecular complexity index is 1220. The Morgan fingerprint density at radius 1 is 0.919 bits per heavy atom. The number of hydrogen-bond donors (Lipinski definition) is 2. The van der Waals surface area contributed by atoms with E-state index in [9.17, 15) is 0 Å². The lowest BCUT2D eigenvalue weighted by molar-refractivity contribution is 0.0515. The Hall–Kier alpha value is -2.65. The molecule has 2 saturated heterocycles. The van der Waals surface area contributed by atoms with Gasteiger partial charge in [-0.25, -0.2) is 4.98 Å². The van der Waals surface area contributed by atoms with Crippen LogP contribution >= 0.6 is 35.4 Å². The molecule has 0 aliphatic carbocycles. The summed E-state index contributed by atoms with van der Waals surface area (Å²) in [7, 11) is 0. The molecular weight excluding hydrogens is 527 g/mol. The van der Waals surface area contributed by atoms with E-state index in [4.69, 9.17) is 45.1 Å². The summed E-state index contributed by atoms with van der Waals surface area (Å²) in [6.45, 7) is 5.55. The predicted octanol–water partition coefficient (Wildman–Crippen LogP) is 5.14. The van der Waals surface area contributed by atoms with Crippen LogP contribution in [0.2, 0.25) is 10.2 Å². The Morgan fingerprint density at radius 2 is 1.65 bits per heavy atom. The number of para-hydroxylation sites is 1. The molecule has 0 atom stereocenters. The van der Waals surface area contributed by atoms with Gasteiger partial charge in [-0.3, -0.25) is 0 Å². The zero-order valence-electron chi connectivity index (χ0n) is 20.5. The van der Waals surface area contributed by atoms with E-state index in [1.165, 1.54) is 11.3 Å². The normalized spacial score (nSPS) is 17.4. The molecular formula is C27H30Cl2N6OS. The summed E-state index contributed by atoms with van der Waals surface area (Å²) in [5.41, 5.74) is 2.31. The molecule has 0 spiro atoms. The van der Waals surface area contributed by atoms with E-state index in [1.54, 1.807) is 6.07 Å². The second kappa shape index (κ2) is 11.8. The minimum atomic E-state index is -0.117. The van der Waals surface area contributed by atoms with Crippen LogP contribution in [-0.2, 0) is 10.2 Å². The fraction of sp³-hybridized carbons (Fsp3) is 0.370. The van der Waals surface area contributed by atoms with Crippen LogP contribution in [0.1, 0.15) is 18.4 Å². The lowest BCUT2D eigenvalue weighted by Gasteiger charge is -2.38. The highest BCUT2D eigenvalue weighted by Crippen LogP contribution is 2.35. The minimum Gasteiger partial charge on any atom is -0.381 e. The average molecular weight is 558 g/mol. The molecule has 1 aromatic heterocycles. The van der Waals surface area contributed by atoms with Gasteiger partial charge in [0, 0.05) is 68.1 Å². The number of nitrogens with one attached hydrogen (secondary N) is 2. The summed E-state index contributed by atoms with van der Waals surface area (Å²) in [6.07, 6.45) is 1.77. The summed E-state index contributed by atoms with van der Waals surface area (Å²) in [5, 5.41) is 8.08. The SMILES string of the molecule is S=C(NCC1(c2cccc(Cl)c2)CCOCC1)Nc1nc(Cl)cc(N2CCN(c3ccccc3)CC2)n1. The topological polar surface area (TPSA) is 65.6 Å². The Balaban J connectivity index is 1.22. The van der Waals surface area contributed by atoms with Gasteiger partial charge in [-0.2, -0.15) is 4.98 Å². The molecule has 2 aliphatic heterocycles. The Kier molecular flexibility index (Phi) is 8.30. The minimum absolute atomic E-state index is 0.117. The highest BCUT2D eigenvalue weighted by molar-refractivity contribution is 7.80. The van der Waals surface area contributed by atoms with Gasteiger partial charge in [0.05, 0.1) is 0 Å². The second-order valence-electron chi connectivity index (χ2n) is 9.39. The maximum atomic E-state index is 6.37. The van der Waals surface area contributed by atoms with E-state index < -0.39 is 0 Å². The Labute approximate surface area is 233 Å². The van der Waals surface area contributed by atoms with Gasteiger partial charge in [-0.15, -0.1) is 0 Å². The highest BCUT2D eigenvalue weighted by Gasteiger charge is 2.34. The summed E-state index contributed by atoms with van der Waals surface area (Å²) in [6, 6.07) is 20.3. The lowest BCUT2D eigenvalue weighted by Crippen LogP contribution is -2.47. The van der Waals surface area contributed by atoms with Crippen molar-refractivity contribution in [2.45, 2.75) is 18.3 Å². The van der Waals surface area contributed by atoms with Crippen LogP contribution in [0.15, 0.2) is 60.7 Å². The molecule has 3 heterocycles. The largest absolute Gasteiger partial charge is 0.381 e. The van der Waals surface area contributed by atoms with Crippen molar-refractivity contribution < 1.29 is 4.74 Å². The molecule has 7 nitrogen and oxygen atoms in total. The van der Waals surface area contributed by atoms with Gasteiger partial charge in [0.2, 0.25) is 5.95 Å². The second-order valence-corrected chi connectivity index (χ2v) is 10.6. The molecule has 0 bridgehead atoms. The molecule has 2 aliphatic rings. The molecule has 5 rings (SSSR count). The fourth-order valence-corrected chi connectivity index (χ4v) is 5.53. The molecule has 2 N–H and O–H groups in total. The number of nitrogens with zero attached hydrogens (tertiary/aromatic N) is 4. The van der Waals surface area contributed by atoms with Crippen LogP contribution in [0.5, 0.6) is 0 Å². The number of benzene rings is 2. The molecule has 10 heteroatoms. The molecule has 37 heavy (non-hydrogen) atoms. The van der Waals surface area contributed by atoms with Gasteiger partial charge >= 0.3 is 0 Å². The third kappa shape index (κ3) is 6.44. The average Bonchev–Trinajstić information content (AvgIpc) is 2.93. The maximum absolute atomic E-state index is 6.37. The molecule has 2 fully saturated rings. The third-order valence-corrected chi connectivity index (χ3v) is 7.78. The van der Waals surface area contributed by atoms with Gasteiger partial charge in [0.1, 0.15) is 11.0 Å². The molecule has 0 amide bonds. The van der Waals surface area contributed by atoms with Crippen molar-refractivity contribution in [2.24, 2.45) is 0 Å². The van der Waals surface area contributed by atoms with Crippen LogP contribution in [0.25, 0.3) is 0 Å². The standard InChI is InChI=1S/C27H30Cl2N6OS/c28-21-6-4-5-20(17-21)27(9-15-36-16-10-27)19-30-26(37)33-25-31-23(29)18-24(32-25)35-13-11-34(12-14-35)22-7-2-1-3-8-22/h1-8,17-18H,9-16,19H2,(H2,30,31,32,33,37). The number of ether oxygens (including phenoxy) is 1. The summed E-state index contributed by atoms with van der Waals surface area (Å²) < 4.78 is 5.64. The van der Waals surface area contributed by atoms with E-state index in [0.29, 0.717) is 36.0 Å². The number of rotatable bonds is 6. The van der Waals surface area contributed by atoms with Gasteiger partial charge in [-0.1, -0.05) is 53.5 Å². The number of aromatic nitrogens is 2. The van der Waals surface area contributed by atoms with Crippen molar-refractivity contribution in [1.82, 2.24) is 15.3 Å². The summed E-state index contributed by atoms with van der Waals surface area (Å²) in [4.78, 5) is 13.7. The van der Waals surface area contributed by atoms with Crippen molar-refractivity contribution in [3.05, 3.63) is 76.4 Å². The fourth-order valence-electron chi connectivity index (χ4n) is 5.00. The first-order valence-corrected chi connectivity index (χ1v) is 13.7. The number of halogens is 2. The van der Waals surface area contributed by atoms with Crippen molar-refractivity contribution >= 4 is 58.0 Å². The van der Waals surface area contributed by atoms with Crippen molar-refractivity contribution in [3.8, 4) is 0 Å². The smallest absolute Gasteiger partial charge is 0.232 e. The van der Waals surface area contributed by atoms with E-state index in [2.05, 4.69) is 55.7 Å². The molecule has 194 valence electrons. The number of hydrogen-bond acceptors (Lipinski definition) is 6. The van der Waals surface area contributed by atoms with E-state index in [1.807, 2.05) is 24.3 Å². The zero-order chi connectivity index (χ0) is 25.7. The summed E-state index contributed by atoms with van der Waals surface area (Å²) in [5.74, 6) is 1.17. The zero-order valence-corrected chi connectivity index (χ0v) is 22.8. The van der Waals surface area contributed by atoms with Crippen molar-refractivity contribution in [1.29, 1.82) is 0 Å². The third-order valence-electron chi connectivity index (χ3n) is 7.11. The molecule has 0 unspecified atom stereocenters. The Morgan fingerprint density at radius 3 is 2.38 bits per heavy atom. The van der Waals surface area contributed by atoms with Crippen molar-refractivity contribution in [3.63, 3.8) is 0 Å². The first kappa shape index (κ1) is 26.0. The van der Waals surface area contributed by atoms with Crippen LogP contribution in [-0.4, -0.2) is 61.0 Å². The van der Waals surface area contributed by atoms with Crippen LogP contribution in [0, 0.1) is 0 Å². The molecule has 2 aromatic carbocycles. The van der Waals surface area contributed by atoms with E-state index in [0.717, 1.165) is 49.9 Å². The molecule has 0 saturated carbocycles. The number of piperazine rings is 1. The maximum Gasteiger partial charge on any atom is 0.232 e. The van der Waals surface area contributed by atoms with E-state index >= 15 is 0 Å². The van der Waals surface area contributed by atoms with Gasteiger partial charge < -0.3 is 25.2 Å². The van der Waals surface area contributed by atoms with Gasteiger partial charge in [0.25, 0.3) is 0 Å². The number of thiocarbonyl (C=S) groups is 1. The highest BCUT2D eigenvalue weighted by atomic mass is 35.5. The molecule has 0 radical (unpaired) electrons. The van der Waals surface area contributed by atoms with Gasteiger partial charge in [-0.05, 0) is 54.9 Å². The van der Waals surface area contributed by atoms with E-state index in [-0.39, 0.29) is 5.41 Å². The lowest BCUT2D eigenvalue weighted by atomic mass is 9.74. The van der Waals surface area contributed by atoms with Gasteiger partial charge in [0.15, 0.2) is 5.11 Å². The summed E-state index contributed by atoms with van der Waals surface area (Å²) >= 11 is 18.3. The quantitative estimate of drug-likeness (QED) is 0.319. The van der Waals surface area contributed by atoms with Crippen LogP contribution in [0.3, 0.4) is 0 Å². The van der Waals surface area contributed by atoms with Crippen LogP contribution < -0.4 is 20.4 Å². The molecule has 3 aromatic rings. The monoisotopic (exact) mass is 556 g/mol. The first-order valence-electron chi connectivity index (χ1n) is 12.5.